The van der Waals surface area contributed by atoms with E-state index >= 15 is 0 Å². The SMILES string of the molecule is O=S(=O)(NCc1ccc(Cl)s1)c1ccccc1CO. The summed E-state index contributed by atoms with van der Waals surface area (Å²) in [5.74, 6) is 0. The van der Waals surface area contributed by atoms with Crippen molar-refractivity contribution in [1.82, 2.24) is 4.72 Å². The Hall–Kier alpha value is -0.920. The van der Waals surface area contributed by atoms with E-state index in [1.165, 1.54) is 17.4 Å². The number of sulfonamides is 1. The third-order valence-electron chi connectivity index (χ3n) is 2.50. The van der Waals surface area contributed by atoms with Crippen LogP contribution in [0.1, 0.15) is 10.4 Å². The maximum atomic E-state index is 12.1. The predicted octanol–water partition coefficient (Wildman–Crippen LogP) is 2.37. The smallest absolute Gasteiger partial charge is 0.241 e. The van der Waals surface area contributed by atoms with Crippen LogP contribution in [0.4, 0.5) is 0 Å². The van der Waals surface area contributed by atoms with Crippen molar-refractivity contribution in [3.8, 4) is 0 Å². The van der Waals surface area contributed by atoms with Crippen LogP contribution in [-0.2, 0) is 23.2 Å². The van der Waals surface area contributed by atoms with Gasteiger partial charge in [-0.05, 0) is 23.8 Å². The second-order valence-corrected chi connectivity index (χ2v) is 7.33. The van der Waals surface area contributed by atoms with Gasteiger partial charge in [0.15, 0.2) is 0 Å². The third kappa shape index (κ3) is 3.55. The van der Waals surface area contributed by atoms with Crippen LogP contribution in [0.15, 0.2) is 41.3 Å². The Morgan fingerprint density at radius 3 is 2.58 bits per heavy atom. The molecule has 0 atom stereocenters. The molecule has 0 amide bonds. The molecule has 0 unspecified atom stereocenters. The van der Waals surface area contributed by atoms with Gasteiger partial charge in [0.1, 0.15) is 0 Å². The molecule has 0 saturated heterocycles. The summed E-state index contributed by atoms with van der Waals surface area (Å²) >= 11 is 7.11. The second-order valence-electron chi connectivity index (χ2n) is 3.80. The Kier molecular flexibility index (Phi) is 4.59. The molecule has 0 aliphatic carbocycles. The quantitative estimate of drug-likeness (QED) is 0.889. The lowest BCUT2D eigenvalue weighted by atomic mass is 10.2. The standard InChI is InChI=1S/C12H12ClNO3S2/c13-12-6-5-10(18-12)7-14-19(16,17)11-4-2-1-3-9(11)8-15/h1-6,14-15H,7-8H2. The first-order chi connectivity index (χ1) is 9.03. The molecule has 0 aliphatic rings. The molecule has 1 aromatic carbocycles. The summed E-state index contributed by atoms with van der Waals surface area (Å²) in [5.41, 5.74) is 0.374. The van der Waals surface area contributed by atoms with Gasteiger partial charge in [-0.3, -0.25) is 0 Å². The molecular weight excluding hydrogens is 306 g/mol. The van der Waals surface area contributed by atoms with E-state index < -0.39 is 10.0 Å². The number of rotatable bonds is 5. The predicted molar refractivity (Wildman–Crippen MR) is 75.7 cm³/mol. The van der Waals surface area contributed by atoms with Crippen LogP contribution in [0.25, 0.3) is 0 Å². The summed E-state index contributed by atoms with van der Waals surface area (Å²) in [4.78, 5) is 0.926. The van der Waals surface area contributed by atoms with Gasteiger partial charge in [0.05, 0.1) is 15.8 Å². The molecule has 2 aromatic rings. The number of thiophene rings is 1. The Balaban J connectivity index is 2.18. The van der Waals surface area contributed by atoms with Gasteiger partial charge in [-0.25, -0.2) is 13.1 Å². The lowest BCUT2D eigenvalue weighted by Crippen LogP contribution is -2.24. The molecule has 0 bridgehead atoms. The highest BCUT2D eigenvalue weighted by Gasteiger charge is 2.17. The van der Waals surface area contributed by atoms with Gasteiger partial charge in [0.2, 0.25) is 10.0 Å². The van der Waals surface area contributed by atoms with Gasteiger partial charge in [-0.1, -0.05) is 29.8 Å². The van der Waals surface area contributed by atoms with E-state index in [9.17, 15) is 8.42 Å². The average molecular weight is 318 g/mol. The highest BCUT2D eigenvalue weighted by molar-refractivity contribution is 7.89. The first kappa shape index (κ1) is 14.5. The van der Waals surface area contributed by atoms with Crippen LogP contribution in [0, 0.1) is 0 Å². The number of nitrogens with one attached hydrogen (secondary N) is 1. The Morgan fingerprint density at radius 1 is 1.21 bits per heavy atom. The minimum Gasteiger partial charge on any atom is -0.392 e. The van der Waals surface area contributed by atoms with Crippen molar-refractivity contribution in [3.63, 3.8) is 0 Å². The fourth-order valence-electron chi connectivity index (χ4n) is 1.59. The third-order valence-corrected chi connectivity index (χ3v) is 5.23. The van der Waals surface area contributed by atoms with Crippen LogP contribution in [-0.4, -0.2) is 13.5 Å². The maximum absolute atomic E-state index is 12.1. The number of aliphatic hydroxyl groups is 1. The topological polar surface area (TPSA) is 66.4 Å². The van der Waals surface area contributed by atoms with E-state index in [0.29, 0.717) is 9.90 Å². The molecule has 2 N–H and O–H groups in total. The first-order valence-electron chi connectivity index (χ1n) is 5.45. The largest absolute Gasteiger partial charge is 0.392 e. The van der Waals surface area contributed by atoms with E-state index in [-0.39, 0.29) is 18.0 Å². The van der Waals surface area contributed by atoms with E-state index in [1.54, 1.807) is 30.3 Å². The highest BCUT2D eigenvalue weighted by atomic mass is 35.5. The first-order valence-corrected chi connectivity index (χ1v) is 8.13. The number of halogens is 1. The molecule has 4 nitrogen and oxygen atoms in total. The average Bonchev–Trinajstić information content (AvgIpc) is 2.82. The van der Waals surface area contributed by atoms with Crippen molar-refractivity contribution in [1.29, 1.82) is 0 Å². The van der Waals surface area contributed by atoms with Crippen molar-refractivity contribution in [3.05, 3.63) is 51.2 Å². The minimum absolute atomic E-state index is 0.0974. The van der Waals surface area contributed by atoms with Crippen LogP contribution in [0.5, 0.6) is 0 Å². The van der Waals surface area contributed by atoms with Crippen LogP contribution in [0.2, 0.25) is 4.34 Å². The molecule has 0 aliphatic heterocycles. The van der Waals surface area contributed by atoms with E-state index in [2.05, 4.69) is 4.72 Å². The molecule has 19 heavy (non-hydrogen) atoms. The van der Waals surface area contributed by atoms with Crippen molar-refractivity contribution >= 4 is 33.0 Å². The lowest BCUT2D eigenvalue weighted by molar-refractivity contribution is 0.278. The van der Waals surface area contributed by atoms with Crippen LogP contribution >= 0.6 is 22.9 Å². The van der Waals surface area contributed by atoms with E-state index in [0.717, 1.165) is 4.88 Å². The molecule has 7 heteroatoms. The fraction of sp³-hybridized carbons (Fsp3) is 0.167. The number of aliphatic hydroxyl groups excluding tert-OH is 1. The summed E-state index contributed by atoms with van der Waals surface area (Å²) in [7, 11) is -3.64. The van der Waals surface area contributed by atoms with Gasteiger partial charge in [-0.15, -0.1) is 11.3 Å². The summed E-state index contributed by atoms with van der Waals surface area (Å²) in [5, 5.41) is 9.16. The van der Waals surface area contributed by atoms with Crippen molar-refractivity contribution in [2.45, 2.75) is 18.0 Å². The van der Waals surface area contributed by atoms with Crippen LogP contribution < -0.4 is 4.72 Å². The zero-order valence-electron chi connectivity index (χ0n) is 9.84. The zero-order chi connectivity index (χ0) is 13.9. The molecule has 0 fully saturated rings. The summed E-state index contributed by atoms with van der Waals surface area (Å²) in [6, 6.07) is 9.84. The highest BCUT2D eigenvalue weighted by Crippen LogP contribution is 2.22. The Bertz CT molecular complexity index is 667. The second kappa shape index (κ2) is 6.02. The monoisotopic (exact) mass is 317 g/mol. The number of hydrogen-bond acceptors (Lipinski definition) is 4. The lowest BCUT2D eigenvalue weighted by Gasteiger charge is -2.09. The fourth-order valence-corrected chi connectivity index (χ4v) is 3.94. The molecular formula is C12H12ClNO3S2. The van der Waals surface area contributed by atoms with Gasteiger partial charge in [0, 0.05) is 11.4 Å². The number of hydrogen-bond donors (Lipinski definition) is 2. The minimum atomic E-state index is -3.64. The van der Waals surface area contributed by atoms with E-state index in [1.807, 2.05) is 0 Å². The number of benzene rings is 1. The van der Waals surface area contributed by atoms with Crippen molar-refractivity contribution in [2.24, 2.45) is 0 Å². The molecule has 102 valence electrons. The molecule has 0 spiro atoms. The van der Waals surface area contributed by atoms with Gasteiger partial charge in [0.25, 0.3) is 0 Å². The van der Waals surface area contributed by atoms with Crippen molar-refractivity contribution in [2.75, 3.05) is 0 Å². The van der Waals surface area contributed by atoms with Gasteiger partial charge in [-0.2, -0.15) is 0 Å². The normalized spacial score (nSPS) is 11.7. The molecule has 1 aromatic heterocycles. The molecule has 1 heterocycles. The van der Waals surface area contributed by atoms with Gasteiger partial charge < -0.3 is 5.11 Å². The Labute approximate surface area is 120 Å². The van der Waals surface area contributed by atoms with Crippen LogP contribution in [0.3, 0.4) is 0 Å². The summed E-state index contributed by atoms with van der Waals surface area (Å²) < 4.78 is 27.4. The summed E-state index contributed by atoms with van der Waals surface area (Å²) in [6.45, 7) is -0.138. The zero-order valence-corrected chi connectivity index (χ0v) is 12.2. The summed E-state index contributed by atoms with van der Waals surface area (Å²) in [6.07, 6.45) is 0. The van der Waals surface area contributed by atoms with E-state index in [4.69, 9.17) is 16.7 Å². The van der Waals surface area contributed by atoms with Crippen molar-refractivity contribution < 1.29 is 13.5 Å². The van der Waals surface area contributed by atoms with Gasteiger partial charge >= 0.3 is 0 Å². The molecule has 2 rings (SSSR count). The molecule has 0 saturated carbocycles. The maximum Gasteiger partial charge on any atom is 0.241 e. The Morgan fingerprint density at radius 2 is 1.95 bits per heavy atom. The molecule has 0 radical (unpaired) electrons.